The van der Waals surface area contributed by atoms with Gasteiger partial charge in [0.2, 0.25) is 5.91 Å². The Hall–Kier alpha value is -3.56. The van der Waals surface area contributed by atoms with Gasteiger partial charge in [-0.25, -0.2) is 8.42 Å². The Balaban J connectivity index is 1.60. The Labute approximate surface area is 212 Å². The molecule has 1 amide bonds. The van der Waals surface area contributed by atoms with E-state index in [1.807, 2.05) is 44.2 Å². The average molecular weight is 510 g/mol. The van der Waals surface area contributed by atoms with Crippen molar-refractivity contribution >= 4 is 33.0 Å². The van der Waals surface area contributed by atoms with E-state index in [9.17, 15) is 13.2 Å². The van der Waals surface area contributed by atoms with E-state index in [4.69, 9.17) is 9.47 Å². The summed E-state index contributed by atoms with van der Waals surface area (Å²) in [5, 5.41) is 2.83. The first-order valence-corrected chi connectivity index (χ1v) is 13.2. The molecule has 9 heteroatoms. The molecule has 190 valence electrons. The number of sulfonamides is 1. The minimum absolute atomic E-state index is 0.0966. The van der Waals surface area contributed by atoms with Crippen LogP contribution in [-0.4, -0.2) is 54.3 Å². The van der Waals surface area contributed by atoms with Gasteiger partial charge in [-0.15, -0.1) is 0 Å². The highest BCUT2D eigenvalue weighted by atomic mass is 32.2. The van der Waals surface area contributed by atoms with Gasteiger partial charge in [0.25, 0.3) is 10.0 Å². The number of anilines is 3. The van der Waals surface area contributed by atoms with E-state index in [1.54, 1.807) is 36.4 Å². The number of carbonyl (C=O) groups is 1. The van der Waals surface area contributed by atoms with Gasteiger partial charge in [-0.3, -0.25) is 9.10 Å². The van der Waals surface area contributed by atoms with Crippen molar-refractivity contribution in [1.29, 1.82) is 0 Å². The van der Waals surface area contributed by atoms with Gasteiger partial charge in [-0.05, 0) is 67.9 Å². The van der Waals surface area contributed by atoms with Crippen molar-refractivity contribution in [3.63, 3.8) is 0 Å². The fourth-order valence-electron chi connectivity index (χ4n) is 4.04. The summed E-state index contributed by atoms with van der Waals surface area (Å²) in [5.74, 6) is -0.104. The van der Waals surface area contributed by atoms with E-state index >= 15 is 0 Å². The number of nitrogens with one attached hydrogen (secondary N) is 1. The Morgan fingerprint density at radius 1 is 0.972 bits per heavy atom. The highest BCUT2D eigenvalue weighted by Crippen LogP contribution is 2.33. The first kappa shape index (κ1) is 25.5. The van der Waals surface area contributed by atoms with Crippen LogP contribution >= 0.6 is 0 Å². The van der Waals surface area contributed by atoms with Crippen molar-refractivity contribution in [2.75, 3.05) is 54.5 Å². The third kappa shape index (κ3) is 5.80. The van der Waals surface area contributed by atoms with Gasteiger partial charge < -0.3 is 19.7 Å². The number of aryl methyl sites for hydroxylation is 2. The van der Waals surface area contributed by atoms with Crippen LogP contribution in [0.1, 0.15) is 11.1 Å². The largest absolute Gasteiger partial charge is 0.495 e. The summed E-state index contributed by atoms with van der Waals surface area (Å²) < 4.78 is 39.4. The second-order valence-corrected chi connectivity index (χ2v) is 10.6. The number of ether oxygens (including phenoxy) is 2. The minimum atomic E-state index is -4.05. The van der Waals surface area contributed by atoms with Gasteiger partial charge in [0, 0.05) is 24.5 Å². The number of methoxy groups -OCH3 is 1. The fraction of sp³-hybridized carbons (Fsp3) is 0.296. The Bertz CT molecular complexity index is 1300. The Morgan fingerprint density at radius 2 is 1.61 bits per heavy atom. The van der Waals surface area contributed by atoms with Crippen LogP contribution in [0.25, 0.3) is 0 Å². The van der Waals surface area contributed by atoms with Gasteiger partial charge in [0.1, 0.15) is 12.3 Å². The zero-order valence-electron chi connectivity index (χ0n) is 20.7. The quantitative estimate of drug-likeness (QED) is 0.494. The van der Waals surface area contributed by atoms with Crippen LogP contribution in [0.15, 0.2) is 71.6 Å². The van der Waals surface area contributed by atoms with Crippen LogP contribution < -0.4 is 19.3 Å². The number of hydrogen-bond acceptors (Lipinski definition) is 6. The summed E-state index contributed by atoms with van der Waals surface area (Å²) in [4.78, 5) is 15.4. The topological polar surface area (TPSA) is 88.2 Å². The maximum absolute atomic E-state index is 13.7. The van der Waals surface area contributed by atoms with Crippen LogP contribution in [0.4, 0.5) is 17.1 Å². The summed E-state index contributed by atoms with van der Waals surface area (Å²) in [7, 11) is -2.58. The SMILES string of the molecule is COc1ccc(C)cc1N(CC(=O)Nc1ccc(N2CCOCC2)cc1)S(=O)(=O)c1ccc(C)cc1. The molecule has 0 radical (unpaired) electrons. The van der Waals surface area contributed by atoms with Crippen molar-refractivity contribution in [2.45, 2.75) is 18.7 Å². The molecule has 0 aliphatic carbocycles. The Morgan fingerprint density at radius 3 is 2.25 bits per heavy atom. The third-order valence-corrected chi connectivity index (χ3v) is 7.80. The number of nitrogens with zero attached hydrogens (tertiary/aromatic N) is 2. The predicted molar refractivity (Wildman–Crippen MR) is 142 cm³/mol. The molecule has 0 aromatic heterocycles. The van der Waals surface area contributed by atoms with Crippen molar-refractivity contribution in [3.8, 4) is 5.75 Å². The molecule has 3 aromatic rings. The summed E-state index contributed by atoms with van der Waals surface area (Å²) in [6, 6.07) is 19.3. The van der Waals surface area contributed by atoms with Gasteiger partial charge in [0.05, 0.1) is 30.9 Å². The molecule has 1 fully saturated rings. The van der Waals surface area contributed by atoms with Crippen LogP contribution in [0, 0.1) is 13.8 Å². The predicted octanol–water partition coefficient (Wildman–Crippen LogP) is 3.98. The van der Waals surface area contributed by atoms with Crippen LogP contribution in [-0.2, 0) is 19.6 Å². The molecule has 3 aromatic carbocycles. The first-order valence-electron chi connectivity index (χ1n) is 11.7. The van der Waals surface area contributed by atoms with Crippen molar-refractivity contribution in [1.82, 2.24) is 0 Å². The normalized spacial score (nSPS) is 13.8. The number of amides is 1. The molecule has 8 nitrogen and oxygen atoms in total. The first-order chi connectivity index (χ1) is 17.3. The molecule has 0 unspecified atom stereocenters. The average Bonchev–Trinajstić information content (AvgIpc) is 2.88. The molecular formula is C27H31N3O5S. The summed E-state index contributed by atoms with van der Waals surface area (Å²) in [6.07, 6.45) is 0. The summed E-state index contributed by atoms with van der Waals surface area (Å²) in [5.41, 5.74) is 3.71. The molecule has 1 aliphatic rings. The zero-order valence-corrected chi connectivity index (χ0v) is 21.5. The monoisotopic (exact) mass is 509 g/mol. The van der Waals surface area contributed by atoms with Crippen LogP contribution in [0.5, 0.6) is 5.75 Å². The lowest BCUT2D eigenvalue weighted by atomic mass is 10.2. The minimum Gasteiger partial charge on any atom is -0.495 e. The third-order valence-electron chi connectivity index (χ3n) is 6.03. The maximum Gasteiger partial charge on any atom is 0.264 e. The summed E-state index contributed by atoms with van der Waals surface area (Å²) in [6.45, 7) is 6.33. The molecule has 0 spiro atoms. The molecular weight excluding hydrogens is 478 g/mol. The van der Waals surface area contributed by atoms with Crippen LogP contribution in [0.3, 0.4) is 0 Å². The fourth-order valence-corrected chi connectivity index (χ4v) is 5.46. The molecule has 1 saturated heterocycles. The number of hydrogen-bond donors (Lipinski definition) is 1. The van der Waals surface area contributed by atoms with Crippen molar-refractivity contribution in [2.24, 2.45) is 0 Å². The van der Waals surface area contributed by atoms with Crippen molar-refractivity contribution in [3.05, 3.63) is 77.9 Å². The van der Waals surface area contributed by atoms with Gasteiger partial charge in [-0.2, -0.15) is 0 Å². The van der Waals surface area contributed by atoms with Gasteiger partial charge >= 0.3 is 0 Å². The number of benzene rings is 3. The van der Waals surface area contributed by atoms with E-state index in [0.29, 0.717) is 30.3 Å². The highest BCUT2D eigenvalue weighted by Gasteiger charge is 2.29. The smallest absolute Gasteiger partial charge is 0.264 e. The molecule has 36 heavy (non-hydrogen) atoms. The molecule has 1 heterocycles. The molecule has 4 rings (SSSR count). The van der Waals surface area contributed by atoms with E-state index in [2.05, 4.69) is 10.2 Å². The highest BCUT2D eigenvalue weighted by molar-refractivity contribution is 7.92. The van der Waals surface area contributed by atoms with Gasteiger partial charge in [0.15, 0.2) is 0 Å². The second kappa shape index (κ2) is 11.0. The van der Waals surface area contributed by atoms with E-state index in [-0.39, 0.29) is 4.90 Å². The lowest BCUT2D eigenvalue weighted by Gasteiger charge is -2.29. The number of carbonyl (C=O) groups excluding carboxylic acids is 1. The molecule has 1 N–H and O–H groups in total. The van der Waals surface area contributed by atoms with Crippen LogP contribution in [0.2, 0.25) is 0 Å². The molecule has 0 atom stereocenters. The maximum atomic E-state index is 13.7. The van der Waals surface area contributed by atoms with Gasteiger partial charge in [-0.1, -0.05) is 23.8 Å². The zero-order chi connectivity index (χ0) is 25.7. The molecule has 0 saturated carbocycles. The second-order valence-electron chi connectivity index (χ2n) is 8.69. The number of morpholine rings is 1. The van der Waals surface area contributed by atoms with Crippen molar-refractivity contribution < 1.29 is 22.7 Å². The lowest BCUT2D eigenvalue weighted by molar-refractivity contribution is -0.114. The number of rotatable bonds is 8. The molecule has 1 aliphatic heterocycles. The van der Waals surface area contributed by atoms with E-state index in [0.717, 1.165) is 34.2 Å². The standard InChI is InChI=1S/C27H31N3O5S/c1-20-4-11-24(12-5-20)36(32,33)30(25-18-21(2)6-13-26(25)34-3)19-27(31)28-22-7-9-23(10-8-22)29-14-16-35-17-15-29/h4-13,18H,14-17,19H2,1-3H3,(H,28,31). The lowest BCUT2D eigenvalue weighted by Crippen LogP contribution is -2.38. The molecule has 0 bridgehead atoms. The summed E-state index contributed by atoms with van der Waals surface area (Å²) >= 11 is 0. The Kier molecular flexibility index (Phi) is 7.81. The van der Waals surface area contributed by atoms with E-state index in [1.165, 1.54) is 7.11 Å². The van der Waals surface area contributed by atoms with E-state index < -0.39 is 22.5 Å².